The minimum absolute atomic E-state index is 0.133. The Morgan fingerprint density at radius 3 is 2.18 bits per heavy atom. The number of anilines is 2. The highest BCUT2D eigenvalue weighted by atomic mass is 32.2. The van der Waals surface area contributed by atoms with Crippen molar-refractivity contribution in [1.29, 1.82) is 0 Å². The number of sulfonamides is 1. The second kappa shape index (κ2) is 6.17. The van der Waals surface area contributed by atoms with Gasteiger partial charge in [0, 0.05) is 19.7 Å². The van der Waals surface area contributed by atoms with Crippen molar-refractivity contribution in [2.45, 2.75) is 4.90 Å². The van der Waals surface area contributed by atoms with Gasteiger partial charge in [-0.05, 0) is 36.4 Å². The summed E-state index contributed by atoms with van der Waals surface area (Å²) in [5, 5.41) is 2.68. The average Bonchev–Trinajstić information content (AvgIpc) is 2.49. The number of para-hydroxylation sites is 2. The van der Waals surface area contributed by atoms with E-state index in [9.17, 15) is 13.2 Å². The van der Waals surface area contributed by atoms with Gasteiger partial charge in [-0.1, -0.05) is 12.1 Å². The molecule has 0 bridgehead atoms. The Kier molecular flexibility index (Phi) is 4.48. The van der Waals surface area contributed by atoms with Gasteiger partial charge in [-0.15, -0.1) is 0 Å². The second-order valence-electron chi connectivity index (χ2n) is 4.85. The molecule has 6 nitrogen and oxygen atoms in total. The van der Waals surface area contributed by atoms with Gasteiger partial charge in [-0.25, -0.2) is 12.7 Å². The van der Waals surface area contributed by atoms with E-state index in [-0.39, 0.29) is 10.8 Å². The maximum absolute atomic E-state index is 12.1. The van der Waals surface area contributed by atoms with Gasteiger partial charge in [0.15, 0.2) is 0 Å². The third kappa shape index (κ3) is 3.26. The van der Waals surface area contributed by atoms with Crippen LogP contribution in [0.25, 0.3) is 0 Å². The van der Waals surface area contributed by atoms with Crippen molar-refractivity contribution in [2.75, 3.05) is 25.1 Å². The molecule has 0 aliphatic carbocycles. The van der Waals surface area contributed by atoms with Crippen LogP contribution in [0.1, 0.15) is 10.4 Å². The number of nitrogens with zero attached hydrogens (tertiary/aromatic N) is 1. The normalized spacial score (nSPS) is 11.4. The first-order valence-corrected chi connectivity index (χ1v) is 7.95. The molecule has 2 aromatic carbocycles. The first-order chi connectivity index (χ1) is 10.3. The molecule has 0 aliphatic rings. The number of nitrogen functional groups attached to an aromatic ring is 1. The quantitative estimate of drug-likeness (QED) is 0.840. The SMILES string of the molecule is CN(C)S(=O)(=O)c1ccc(C(=O)Nc2ccccc2N)cc1. The molecule has 0 aliphatic heterocycles. The molecule has 0 fully saturated rings. The molecule has 2 aromatic rings. The Labute approximate surface area is 129 Å². The first kappa shape index (κ1) is 16.0. The smallest absolute Gasteiger partial charge is 0.255 e. The lowest BCUT2D eigenvalue weighted by atomic mass is 10.2. The van der Waals surface area contributed by atoms with Crippen LogP contribution < -0.4 is 11.1 Å². The summed E-state index contributed by atoms with van der Waals surface area (Å²) in [5.41, 5.74) is 7.08. The minimum atomic E-state index is -3.50. The van der Waals surface area contributed by atoms with Gasteiger partial charge >= 0.3 is 0 Å². The van der Waals surface area contributed by atoms with Crippen molar-refractivity contribution < 1.29 is 13.2 Å². The largest absolute Gasteiger partial charge is 0.397 e. The second-order valence-corrected chi connectivity index (χ2v) is 7.01. The van der Waals surface area contributed by atoms with Crippen molar-refractivity contribution in [3.8, 4) is 0 Å². The molecule has 0 heterocycles. The minimum Gasteiger partial charge on any atom is -0.397 e. The van der Waals surface area contributed by atoms with E-state index in [0.29, 0.717) is 16.9 Å². The number of rotatable bonds is 4. The molecule has 0 spiro atoms. The van der Waals surface area contributed by atoms with Gasteiger partial charge in [0.05, 0.1) is 16.3 Å². The average molecular weight is 319 g/mol. The molecule has 1 amide bonds. The zero-order valence-electron chi connectivity index (χ0n) is 12.3. The predicted molar refractivity (Wildman–Crippen MR) is 86.1 cm³/mol. The molecule has 0 saturated carbocycles. The van der Waals surface area contributed by atoms with Crippen LogP contribution in [0.5, 0.6) is 0 Å². The summed E-state index contributed by atoms with van der Waals surface area (Å²) in [6, 6.07) is 12.6. The van der Waals surface area contributed by atoms with Crippen molar-refractivity contribution >= 4 is 27.3 Å². The molecule has 22 heavy (non-hydrogen) atoms. The van der Waals surface area contributed by atoms with E-state index >= 15 is 0 Å². The van der Waals surface area contributed by atoms with Crippen molar-refractivity contribution in [2.24, 2.45) is 0 Å². The van der Waals surface area contributed by atoms with Gasteiger partial charge in [0.1, 0.15) is 0 Å². The highest BCUT2D eigenvalue weighted by Crippen LogP contribution is 2.19. The fourth-order valence-electron chi connectivity index (χ4n) is 1.79. The fraction of sp³-hybridized carbons (Fsp3) is 0.133. The highest BCUT2D eigenvalue weighted by Gasteiger charge is 2.17. The summed E-state index contributed by atoms with van der Waals surface area (Å²) < 4.78 is 25.0. The number of amides is 1. The Balaban J connectivity index is 2.21. The van der Waals surface area contributed by atoms with Crippen LogP contribution >= 0.6 is 0 Å². The first-order valence-electron chi connectivity index (χ1n) is 6.51. The van der Waals surface area contributed by atoms with Gasteiger partial charge in [0.2, 0.25) is 10.0 Å². The van der Waals surface area contributed by atoms with Crippen molar-refractivity contribution in [1.82, 2.24) is 4.31 Å². The van der Waals surface area contributed by atoms with Crippen LogP contribution in [0.4, 0.5) is 11.4 Å². The molecule has 0 saturated heterocycles. The van der Waals surface area contributed by atoms with Crippen molar-refractivity contribution in [3.63, 3.8) is 0 Å². The topological polar surface area (TPSA) is 92.5 Å². The molecule has 116 valence electrons. The van der Waals surface area contributed by atoms with E-state index in [1.54, 1.807) is 24.3 Å². The molecule has 3 N–H and O–H groups in total. The van der Waals surface area contributed by atoms with E-state index in [2.05, 4.69) is 5.32 Å². The molecule has 0 radical (unpaired) electrons. The van der Waals surface area contributed by atoms with E-state index < -0.39 is 10.0 Å². The van der Waals surface area contributed by atoms with Gasteiger partial charge in [0.25, 0.3) is 5.91 Å². The van der Waals surface area contributed by atoms with Gasteiger partial charge in [-0.2, -0.15) is 0 Å². The standard InChI is InChI=1S/C15H17N3O3S/c1-18(2)22(20,21)12-9-7-11(8-10-12)15(19)17-14-6-4-3-5-13(14)16/h3-10H,16H2,1-2H3,(H,17,19). The van der Waals surface area contributed by atoms with Crippen molar-refractivity contribution in [3.05, 3.63) is 54.1 Å². The van der Waals surface area contributed by atoms with Crippen LogP contribution in [0, 0.1) is 0 Å². The Hall–Kier alpha value is -2.38. The lowest BCUT2D eigenvalue weighted by molar-refractivity contribution is 0.102. The van der Waals surface area contributed by atoms with Crippen LogP contribution in [-0.2, 0) is 10.0 Å². The number of nitrogens with one attached hydrogen (secondary N) is 1. The zero-order valence-corrected chi connectivity index (χ0v) is 13.1. The summed E-state index contributed by atoms with van der Waals surface area (Å²) >= 11 is 0. The monoisotopic (exact) mass is 319 g/mol. The maximum Gasteiger partial charge on any atom is 0.255 e. The maximum atomic E-state index is 12.1. The Morgan fingerprint density at radius 1 is 1.05 bits per heavy atom. The molecule has 7 heteroatoms. The summed E-state index contributed by atoms with van der Waals surface area (Å²) in [5.74, 6) is -0.355. The van der Waals surface area contributed by atoms with Gasteiger partial charge < -0.3 is 11.1 Å². The molecule has 0 aromatic heterocycles. The Morgan fingerprint density at radius 2 is 1.64 bits per heavy atom. The van der Waals surface area contributed by atoms with E-state index in [4.69, 9.17) is 5.73 Å². The molecular formula is C15H17N3O3S. The molecule has 2 rings (SSSR count). The van der Waals surface area contributed by atoms with Crippen LogP contribution in [0.2, 0.25) is 0 Å². The molecule has 0 unspecified atom stereocenters. The lowest BCUT2D eigenvalue weighted by Gasteiger charge is -2.12. The summed E-state index contributed by atoms with van der Waals surface area (Å²) in [6.45, 7) is 0. The fourth-order valence-corrected chi connectivity index (χ4v) is 2.70. The summed E-state index contributed by atoms with van der Waals surface area (Å²) in [7, 11) is -0.598. The predicted octanol–water partition coefficient (Wildman–Crippen LogP) is 1.77. The molecular weight excluding hydrogens is 302 g/mol. The Bertz CT molecular complexity index is 784. The number of carbonyl (C=O) groups is 1. The highest BCUT2D eigenvalue weighted by molar-refractivity contribution is 7.89. The molecule has 0 atom stereocenters. The summed E-state index contributed by atoms with van der Waals surface area (Å²) in [4.78, 5) is 12.3. The number of carbonyl (C=O) groups excluding carboxylic acids is 1. The number of hydrogen-bond donors (Lipinski definition) is 2. The third-order valence-corrected chi connectivity index (χ3v) is 4.93. The van der Waals surface area contributed by atoms with Crippen LogP contribution in [-0.4, -0.2) is 32.7 Å². The van der Waals surface area contributed by atoms with Crippen LogP contribution in [0.3, 0.4) is 0 Å². The van der Waals surface area contributed by atoms with E-state index in [1.807, 2.05) is 0 Å². The third-order valence-electron chi connectivity index (χ3n) is 3.10. The van der Waals surface area contributed by atoms with Gasteiger partial charge in [-0.3, -0.25) is 4.79 Å². The summed E-state index contributed by atoms with van der Waals surface area (Å²) in [6.07, 6.45) is 0. The number of benzene rings is 2. The number of nitrogens with two attached hydrogens (primary N) is 1. The number of hydrogen-bond acceptors (Lipinski definition) is 4. The zero-order chi connectivity index (χ0) is 16.3. The van der Waals surface area contributed by atoms with Crippen LogP contribution in [0.15, 0.2) is 53.4 Å². The van der Waals surface area contributed by atoms with E-state index in [0.717, 1.165) is 4.31 Å². The van der Waals surface area contributed by atoms with E-state index in [1.165, 1.54) is 38.4 Å². The lowest BCUT2D eigenvalue weighted by Crippen LogP contribution is -2.22.